The summed E-state index contributed by atoms with van der Waals surface area (Å²) >= 11 is 0. The smallest absolute Gasteiger partial charge is 0.261 e. The molecule has 0 bridgehead atoms. The summed E-state index contributed by atoms with van der Waals surface area (Å²) < 4.78 is 30.5. The number of hydrogen-bond acceptors (Lipinski definition) is 3. The minimum Gasteiger partial charge on any atom is -0.346 e. The molecule has 0 aliphatic rings. The van der Waals surface area contributed by atoms with Gasteiger partial charge in [0.2, 0.25) is 0 Å². The third kappa shape index (κ3) is 3.74. The van der Waals surface area contributed by atoms with Crippen LogP contribution in [0.4, 0.5) is 5.69 Å². The molecule has 4 rings (SSSR count). The van der Waals surface area contributed by atoms with E-state index in [0.29, 0.717) is 12.2 Å². The van der Waals surface area contributed by atoms with Gasteiger partial charge in [0.15, 0.2) is 0 Å². The van der Waals surface area contributed by atoms with E-state index < -0.39 is 10.0 Å². The normalized spacial score (nSPS) is 12.5. The van der Waals surface area contributed by atoms with E-state index in [1.54, 1.807) is 18.2 Å². The summed E-state index contributed by atoms with van der Waals surface area (Å²) in [5.41, 5.74) is 7.24. The number of aromatic nitrogens is 1. The molecule has 28 heavy (non-hydrogen) atoms. The van der Waals surface area contributed by atoms with Crippen molar-refractivity contribution in [2.24, 2.45) is 5.73 Å². The quantitative estimate of drug-likeness (QED) is 0.530. The SMILES string of the molecule is CC(C)(N)Cn1ccc2ccc(NS(=O)(=O)c3ccc4ccccc4c3)cc21. The number of benzene rings is 3. The number of hydrogen-bond donors (Lipinski definition) is 2. The molecule has 144 valence electrons. The topological polar surface area (TPSA) is 77.1 Å². The summed E-state index contributed by atoms with van der Waals surface area (Å²) in [6.07, 6.45) is 1.97. The largest absolute Gasteiger partial charge is 0.346 e. The molecule has 3 N–H and O–H groups in total. The maximum Gasteiger partial charge on any atom is 0.261 e. The zero-order valence-corrected chi connectivity index (χ0v) is 16.7. The molecular formula is C22H23N3O2S. The first-order valence-corrected chi connectivity index (χ1v) is 10.6. The molecule has 0 aliphatic carbocycles. The Bertz CT molecular complexity index is 1270. The fourth-order valence-electron chi connectivity index (χ4n) is 3.37. The van der Waals surface area contributed by atoms with Gasteiger partial charge in [-0.1, -0.05) is 36.4 Å². The summed E-state index contributed by atoms with van der Waals surface area (Å²) in [6.45, 7) is 4.56. The molecule has 0 spiro atoms. The molecule has 4 aromatic rings. The van der Waals surface area contributed by atoms with Crippen molar-refractivity contribution in [3.63, 3.8) is 0 Å². The highest BCUT2D eigenvalue weighted by Crippen LogP contribution is 2.25. The van der Waals surface area contributed by atoms with Crippen LogP contribution in [0.1, 0.15) is 13.8 Å². The summed E-state index contributed by atoms with van der Waals surface area (Å²) in [6, 6.07) is 20.4. The lowest BCUT2D eigenvalue weighted by Crippen LogP contribution is -2.36. The predicted molar refractivity (Wildman–Crippen MR) is 115 cm³/mol. The van der Waals surface area contributed by atoms with Crippen molar-refractivity contribution >= 4 is 37.4 Å². The fourth-order valence-corrected chi connectivity index (χ4v) is 4.46. The van der Waals surface area contributed by atoms with E-state index in [-0.39, 0.29) is 10.4 Å². The summed E-state index contributed by atoms with van der Waals surface area (Å²) in [7, 11) is -3.69. The molecular weight excluding hydrogens is 370 g/mol. The Kier molecular flexibility index (Phi) is 4.40. The Morgan fingerprint density at radius 3 is 2.39 bits per heavy atom. The van der Waals surface area contributed by atoms with Crippen molar-refractivity contribution in [1.82, 2.24) is 4.57 Å². The lowest BCUT2D eigenvalue weighted by atomic mass is 10.1. The van der Waals surface area contributed by atoms with Crippen LogP contribution in [0.15, 0.2) is 77.8 Å². The lowest BCUT2D eigenvalue weighted by Gasteiger charge is -2.20. The van der Waals surface area contributed by atoms with Crippen LogP contribution < -0.4 is 10.5 Å². The summed E-state index contributed by atoms with van der Waals surface area (Å²) in [4.78, 5) is 0.241. The van der Waals surface area contributed by atoms with E-state index in [1.807, 2.05) is 73.1 Å². The maximum atomic E-state index is 12.9. The Balaban J connectivity index is 1.68. The van der Waals surface area contributed by atoms with Crippen molar-refractivity contribution < 1.29 is 8.42 Å². The lowest BCUT2D eigenvalue weighted by molar-refractivity contribution is 0.441. The second-order valence-corrected chi connectivity index (χ2v) is 9.50. The number of nitrogens with one attached hydrogen (secondary N) is 1. The molecule has 1 heterocycles. The highest BCUT2D eigenvalue weighted by Gasteiger charge is 2.17. The van der Waals surface area contributed by atoms with E-state index in [2.05, 4.69) is 4.72 Å². The van der Waals surface area contributed by atoms with E-state index >= 15 is 0 Å². The van der Waals surface area contributed by atoms with Crippen molar-refractivity contribution in [3.05, 3.63) is 72.9 Å². The first kappa shape index (κ1) is 18.5. The van der Waals surface area contributed by atoms with Gasteiger partial charge >= 0.3 is 0 Å². The molecule has 0 unspecified atom stereocenters. The maximum absolute atomic E-state index is 12.9. The van der Waals surface area contributed by atoms with Crippen LogP contribution in [-0.4, -0.2) is 18.5 Å². The van der Waals surface area contributed by atoms with Crippen molar-refractivity contribution in [2.45, 2.75) is 30.8 Å². The van der Waals surface area contributed by atoms with Crippen LogP contribution in [0.3, 0.4) is 0 Å². The molecule has 0 fully saturated rings. The minimum atomic E-state index is -3.69. The Morgan fingerprint density at radius 1 is 0.929 bits per heavy atom. The van der Waals surface area contributed by atoms with Gasteiger partial charge in [-0.15, -0.1) is 0 Å². The first-order chi connectivity index (χ1) is 13.2. The molecule has 0 atom stereocenters. The molecule has 0 aliphatic heterocycles. The molecule has 3 aromatic carbocycles. The van der Waals surface area contributed by atoms with Crippen molar-refractivity contribution in [3.8, 4) is 0 Å². The van der Waals surface area contributed by atoms with Gasteiger partial charge in [0.1, 0.15) is 0 Å². The number of nitrogens with two attached hydrogens (primary N) is 1. The number of rotatable bonds is 5. The van der Waals surface area contributed by atoms with Gasteiger partial charge in [0.25, 0.3) is 10.0 Å². The predicted octanol–water partition coefficient (Wildman–Crippen LogP) is 4.33. The van der Waals surface area contributed by atoms with Gasteiger partial charge in [-0.25, -0.2) is 8.42 Å². The highest BCUT2D eigenvalue weighted by atomic mass is 32.2. The van der Waals surface area contributed by atoms with Gasteiger partial charge in [-0.2, -0.15) is 0 Å². The summed E-state index contributed by atoms with van der Waals surface area (Å²) in [5.74, 6) is 0. The van der Waals surface area contributed by atoms with E-state index in [1.165, 1.54) is 0 Å². The second kappa shape index (κ2) is 6.65. The number of fused-ring (bicyclic) bond motifs is 2. The monoisotopic (exact) mass is 393 g/mol. The van der Waals surface area contributed by atoms with Gasteiger partial charge in [0, 0.05) is 18.3 Å². The number of nitrogens with zero attached hydrogens (tertiary/aromatic N) is 1. The third-order valence-electron chi connectivity index (χ3n) is 4.64. The van der Waals surface area contributed by atoms with Crippen LogP contribution in [0.25, 0.3) is 21.7 Å². The average molecular weight is 394 g/mol. The zero-order valence-electron chi connectivity index (χ0n) is 15.9. The molecule has 0 saturated carbocycles. The number of anilines is 1. The van der Waals surface area contributed by atoms with E-state index in [4.69, 9.17) is 5.73 Å². The molecule has 0 radical (unpaired) electrons. The Hall–Kier alpha value is -2.83. The van der Waals surface area contributed by atoms with Gasteiger partial charge in [0.05, 0.1) is 16.1 Å². The first-order valence-electron chi connectivity index (χ1n) is 9.11. The van der Waals surface area contributed by atoms with E-state index in [9.17, 15) is 8.42 Å². The standard InChI is InChI=1S/C22H23N3O2S/c1-22(2,23)15-25-12-11-17-7-9-19(14-21(17)25)24-28(26,27)20-10-8-16-5-3-4-6-18(16)13-20/h3-14,24H,15,23H2,1-2H3. The third-order valence-corrected chi connectivity index (χ3v) is 6.01. The zero-order chi connectivity index (χ0) is 19.9. The molecule has 0 saturated heterocycles. The Morgan fingerprint density at radius 2 is 1.64 bits per heavy atom. The van der Waals surface area contributed by atoms with Gasteiger partial charge in [-0.05, 0) is 60.3 Å². The molecule has 6 heteroatoms. The van der Waals surface area contributed by atoms with Crippen LogP contribution in [-0.2, 0) is 16.6 Å². The van der Waals surface area contributed by atoms with Crippen molar-refractivity contribution in [1.29, 1.82) is 0 Å². The second-order valence-electron chi connectivity index (χ2n) is 7.82. The van der Waals surface area contributed by atoms with Crippen molar-refractivity contribution in [2.75, 3.05) is 4.72 Å². The van der Waals surface area contributed by atoms with E-state index in [0.717, 1.165) is 21.7 Å². The molecule has 5 nitrogen and oxygen atoms in total. The summed E-state index contributed by atoms with van der Waals surface area (Å²) in [5, 5.41) is 2.93. The van der Waals surface area contributed by atoms with Crippen LogP contribution in [0.5, 0.6) is 0 Å². The highest BCUT2D eigenvalue weighted by molar-refractivity contribution is 7.92. The van der Waals surface area contributed by atoms with Gasteiger partial charge < -0.3 is 10.3 Å². The number of sulfonamides is 1. The van der Waals surface area contributed by atoms with Crippen LogP contribution >= 0.6 is 0 Å². The van der Waals surface area contributed by atoms with Crippen LogP contribution in [0, 0.1) is 0 Å². The fraction of sp³-hybridized carbons (Fsp3) is 0.182. The molecule has 1 aromatic heterocycles. The van der Waals surface area contributed by atoms with Gasteiger partial charge in [-0.3, -0.25) is 4.72 Å². The average Bonchev–Trinajstić information content (AvgIpc) is 3.01. The van der Waals surface area contributed by atoms with Crippen LogP contribution in [0.2, 0.25) is 0 Å². The molecule has 0 amide bonds. The Labute approximate surface area is 164 Å². The minimum absolute atomic E-state index is 0.241.